The van der Waals surface area contributed by atoms with Gasteiger partial charge in [0.15, 0.2) is 0 Å². The van der Waals surface area contributed by atoms with Crippen molar-refractivity contribution in [1.82, 2.24) is 10.3 Å². The maximum Gasteiger partial charge on any atom is 0.254 e. The Labute approximate surface area is 117 Å². The molecule has 0 radical (unpaired) electrons. The molecule has 0 atom stereocenters. The van der Waals surface area contributed by atoms with Crippen molar-refractivity contribution in [2.75, 3.05) is 20.3 Å². The fraction of sp³-hybridized carbons (Fsp3) is 0.538. The van der Waals surface area contributed by atoms with Gasteiger partial charge < -0.3 is 10.1 Å². The highest BCUT2D eigenvalue weighted by Crippen LogP contribution is 2.19. The number of hydrogen-bond donors (Lipinski definition) is 1. The van der Waals surface area contributed by atoms with Gasteiger partial charge >= 0.3 is 0 Å². The number of nitrogens with one attached hydrogen (secondary N) is 1. The van der Waals surface area contributed by atoms with E-state index in [1.54, 1.807) is 7.11 Å². The molecular formula is C13H18ClFN2O2. The van der Waals surface area contributed by atoms with Crippen molar-refractivity contribution in [2.45, 2.75) is 20.3 Å². The van der Waals surface area contributed by atoms with Crippen molar-refractivity contribution in [3.8, 4) is 0 Å². The number of pyridine rings is 1. The lowest BCUT2D eigenvalue weighted by Crippen LogP contribution is -2.35. The van der Waals surface area contributed by atoms with Gasteiger partial charge in [0.1, 0.15) is 11.0 Å². The highest BCUT2D eigenvalue weighted by molar-refractivity contribution is 6.32. The molecule has 0 spiro atoms. The number of rotatable bonds is 6. The fourth-order valence-electron chi connectivity index (χ4n) is 1.46. The van der Waals surface area contributed by atoms with Crippen LogP contribution in [0.1, 0.15) is 30.6 Å². The fourth-order valence-corrected chi connectivity index (χ4v) is 1.65. The smallest absolute Gasteiger partial charge is 0.254 e. The SMILES string of the molecule is COCCC(C)(C)CNC(=O)c1cc(F)cnc1Cl. The van der Waals surface area contributed by atoms with E-state index in [9.17, 15) is 9.18 Å². The van der Waals surface area contributed by atoms with Crippen LogP contribution in [0.2, 0.25) is 5.15 Å². The summed E-state index contributed by atoms with van der Waals surface area (Å²) in [5, 5.41) is 2.72. The minimum Gasteiger partial charge on any atom is -0.385 e. The summed E-state index contributed by atoms with van der Waals surface area (Å²) in [6, 6.07) is 1.08. The van der Waals surface area contributed by atoms with Crippen molar-refractivity contribution in [2.24, 2.45) is 5.41 Å². The summed E-state index contributed by atoms with van der Waals surface area (Å²) in [7, 11) is 1.63. The number of halogens is 2. The first-order valence-electron chi connectivity index (χ1n) is 5.94. The highest BCUT2D eigenvalue weighted by Gasteiger charge is 2.20. The summed E-state index contributed by atoms with van der Waals surface area (Å²) in [5.74, 6) is -1.02. The maximum absolute atomic E-state index is 13.0. The molecule has 0 saturated heterocycles. The zero-order valence-corrected chi connectivity index (χ0v) is 12.1. The van der Waals surface area contributed by atoms with Gasteiger partial charge in [0.2, 0.25) is 0 Å². The van der Waals surface area contributed by atoms with Gasteiger partial charge in [0, 0.05) is 20.3 Å². The third-order valence-corrected chi connectivity index (χ3v) is 3.06. The van der Waals surface area contributed by atoms with Crippen LogP contribution < -0.4 is 5.32 Å². The summed E-state index contributed by atoms with van der Waals surface area (Å²) in [6.45, 7) is 5.09. The number of ether oxygens (including phenoxy) is 1. The summed E-state index contributed by atoms with van der Waals surface area (Å²) >= 11 is 5.77. The number of hydrogen-bond acceptors (Lipinski definition) is 3. The quantitative estimate of drug-likeness (QED) is 0.819. The lowest BCUT2D eigenvalue weighted by molar-refractivity contribution is 0.0920. The molecule has 6 heteroatoms. The summed E-state index contributed by atoms with van der Waals surface area (Å²) < 4.78 is 18.0. The molecule has 106 valence electrons. The van der Waals surface area contributed by atoms with Crippen molar-refractivity contribution >= 4 is 17.5 Å². The van der Waals surface area contributed by atoms with Crippen molar-refractivity contribution in [3.05, 3.63) is 28.8 Å². The zero-order chi connectivity index (χ0) is 14.5. The van der Waals surface area contributed by atoms with Crippen LogP contribution in [-0.2, 0) is 4.74 Å². The Bertz CT molecular complexity index is 452. The Morgan fingerprint density at radius 2 is 2.26 bits per heavy atom. The number of aromatic nitrogens is 1. The monoisotopic (exact) mass is 288 g/mol. The largest absolute Gasteiger partial charge is 0.385 e. The minimum atomic E-state index is -0.590. The molecule has 0 aliphatic carbocycles. The molecule has 0 unspecified atom stereocenters. The van der Waals surface area contributed by atoms with Crippen LogP contribution in [0.4, 0.5) is 4.39 Å². The van der Waals surface area contributed by atoms with Gasteiger partial charge in [-0.05, 0) is 17.9 Å². The number of carbonyl (C=O) groups is 1. The second-order valence-corrected chi connectivity index (χ2v) is 5.44. The predicted molar refractivity (Wildman–Crippen MR) is 71.8 cm³/mol. The van der Waals surface area contributed by atoms with Crippen LogP contribution in [-0.4, -0.2) is 31.2 Å². The molecule has 1 amide bonds. The molecule has 19 heavy (non-hydrogen) atoms. The minimum absolute atomic E-state index is 0.00593. The number of amides is 1. The van der Waals surface area contributed by atoms with Crippen LogP contribution in [0.15, 0.2) is 12.3 Å². The van der Waals surface area contributed by atoms with Crippen LogP contribution in [0, 0.1) is 11.2 Å². The Balaban J connectivity index is 2.62. The molecule has 1 rings (SSSR count). The zero-order valence-electron chi connectivity index (χ0n) is 11.3. The van der Waals surface area contributed by atoms with Gasteiger partial charge in [-0.1, -0.05) is 25.4 Å². The van der Waals surface area contributed by atoms with Crippen LogP contribution in [0.5, 0.6) is 0 Å². The molecule has 1 aromatic heterocycles. The third kappa shape index (κ3) is 5.12. The number of methoxy groups -OCH3 is 1. The lowest BCUT2D eigenvalue weighted by atomic mass is 9.89. The molecule has 0 aliphatic heterocycles. The topological polar surface area (TPSA) is 51.2 Å². The molecule has 4 nitrogen and oxygen atoms in total. The van der Waals surface area contributed by atoms with E-state index >= 15 is 0 Å². The van der Waals surface area contributed by atoms with Gasteiger partial charge in [0.05, 0.1) is 11.8 Å². The Morgan fingerprint density at radius 1 is 1.58 bits per heavy atom. The second-order valence-electron chi connectivity index (χ2n) is 5.08. The first kappa shape index (κ1) is 15.9. The number of carbonyl (C=O) groups excluding carboxylic acids is 1. The Morgan fingerprint density at radius 3 is 2.89 bits per heavy atom. The van der Waals surface area contributed by atoms with Crippen molar-refractivity contribution in [1.29, 1.82) is 0 Å². The summed E-state index contributed by atoms with van der Waals surface area (Å²) in [6.07, 6.45) is 1.78. The van der Waals surface area contributed by atoms with Gasteiger partial charge in [-0.25, -0.2) is 9.37 Å². The van der Waals surface area contributed by atoms with Gasteiger partial charge in [-0.3, -0.25) is 4.79 Å². The van der Waals surface area contributed by atoms with Gasteiger partial charge in [0.25, 0.3) is 5.91 Å². The van der Waals surface area contributed by atoms with E-state index < -0.39 is 11.7 Å². The van der Waals surface area contributed by atoms with E-state index in [2.05, 4.69) is 10.3 Å². The van der Waals surface area contributed by atoms with E-state index in [0.717, 1.165) is 18.7 Å². The normalized spacial score (nSPS) is 11.4. The second kappa shape index (κ2) is 6.82. The van der Waals surface area contributed by atoms with Crippen LogP contribution in [0.25, 0.3) is 0 Å². The van der Waals surface area contributed by atoms with Gasteiger partial charge in [-0.15, -0.1) is 0 Å². The average Bonchev–Trinajstić information content (AvgIpc) is 2.36. The first-order chi connectivity index (χ1) is 8.85. The van der Waals surface area contributed by atoms with E-state index in [1.807, 2.05) is 13.8 Å². The third-order valence-electron chi connectivity index (χ3n) is 2.76. The molecule has 0 aliphatic rings. The molecule has 1 heterocycles. The van der Waals surface area contributed by atoms with Gasteiger partial charge in [-0.2, -0.15) is 0 Å². The predicted octanol–water partition coefficient (Wildman–Crippen LogP) is 2.67. The Kier molecular flexibility index (Phi) is 5.69. The van der Waals surface area contributed by atoms with Crippen molar-refractivity contribution < 1.29 is 13.9 Å². The molecular weight excluding hydrogens is 271 g/mol. The molecule has 0 aromatic carbocycles. The molecule has 0 saturated carbocycles. The molecule has 0 fully saturated rings. The Hall–Kier alpha value is -1.20. The van der Waals surface area contributed by atoms with E-state index in [-0.39, 0.29) is 16.1 Å². The van der Waals surface area contributed by atoms with E-state index in [1.165, 1.54) is 0 Å². The molecule has 0 bridgehead atoms. The van der Waals surface area contributed by atoms with E-state index in [4.69, 9.17) is 16.3 Å². The summed E-state index contributed by atoms with van der Waals surface area (Å²) in [5.41, 5.74) is -0.0666. The highest BCUT2D eigenvalue weighted by atomic mass is 35.5. The van der Waals surface area contributed by atoms with E-state index in [0.29, 0.717) is 13.2 Å². The van der Waals surface area contributed by atoms with Crippen LogP contribution >= 0.6 is 11.6 Å². The average molecular weight is 289 g/mol. The molecule has 1 aromatic rings. The number of nitrogens with zero attached hydrogens (tertiary/aromatic N) is 1. The standard InChI is InChI=1S/C13H18ClFN2O2/c1-13(2,4-5-19-3)8-17-12(18)10-6-9(15)7-16-11(10)14/h6-7H,4-5,8H2,1-3H3,(H,17,18). The maximum atomic E-state index is 13.0. The van der Waals surface area contributed by atoms with Crippen LogP contribution in [0.3, 0.4) is 0 Å². The summed E-state index contributed by atoms with van der Waals surface area (Å²) in [4.78, 5) is 15.5. The molecule has 1 N–H and O–H groups in total. The lowest BCUT2D eigenvalue weighted by Gasteiger charge is -2.24. The first-order valence-corrected chi connectivity index (χ1v) is 6.32. The van der Waals surface area contributed by atoms with Crippen molar-refractivity contribution in [3.63, 3.8) is 0 Å².